The Morgan fingerprint density at radius 1 is 1.00 bits per heavy atom. The number of hydrogen-bond donors (Lipinski definition) is 2. The largest absolute Gasteiger partial charge is 0.349 e. The maximum atomic E-state index is 12.4. The van der Waals surface area contributed by atoms with Crippen LogP contribution in [0, 0.1) is 10.1 Å². The Morgan fingerprint density at radius 2 is 1.63 bits per heavy atom. The summed E-state index contributed by atoms with van der Waals surface area (Å²) in [5, 5.41) is 16.7. The van der Waals surface area contributed by atoms with Gasteiger partial charge in [0.1, 0.15) is 5.56 Å². The molecule has 1 aliphatic rings. The molecule has 8 nitrogen and oxygen atoms in total. The lowest BCUT2D eigenvalue weighted by Gasteiger charge is -2.32. The fraction of sp³-hybridized carbons (Fsp3) is 0.263. The minimum Gasteiger partial charge on any atom is -0.349 e. The van der Waals surface area contributed by atoms with Crippen LogP contribution in [0.2, 0.25) is 0 Å². The quantitative estimate of drug-likeness (QED) is 0.639. The molecule has 1 aliphatic heterocycles. The van der Waals surface area contributed by atoms with Gasteiger partial charge in [-0.15, -0.1) is 0 Å². The van der Waals surface area contributed by atoms with E-state index < -0.39 is 10.8 Å². The molecule has 8 heteroatoms. The van der Waals surface area contributed by atoms with Gasteiger partial charge in [0.05, 0.1) is 4.92 Å². The van der Waals surface area contributed by atoms with Gasteiger partial charge in [-0.25, -0.2) is 4.79 Å². The van der Waals surface area contributed by atoms with Gasteiger partial charge < -0.3 is 15.5 Å². The Labute approximate surface area is 156 Å². The van der Waals surface area contributed by atoms with E-state index in [0.717, 1.165) is 5.69 Å². The molecule has 2 aromatic rings. The van der Waals surface area contributed by atoms with Gasteiger partial charge in [-0.3, -0.25) is 14.9 Å². The van der Waals surface area contributed by atoms with Crippen molar-refractivity contribution in [1.29, 1.82) is 0 Å². The van der Waals surface area contributed by atoms with Crippen molar-refractivity contribution in [3.8, 4) is 0 Å². The number of urea groups is 1. The number of amides is 3. The third kappa shape index (κ3) is 4.60. The van der Waals surface area contributed by atoms with E-state index in [1.165, 1.54) is 18.2 Å². The van der Waals surface area contributed by atoms with Gasteiger partial charge >= 0.3 is 6.03 Å². The Kier molecular flexibility index (Phi) is 5.65. The van der Waals surface area contributed by atoms with Crippen LogP contribution in [0.5, 0.6) is 0 Å². The Balaban J connectivity index is 1.53. The number of anilines is 1. The van der Waals surface area contributed by atoms with Crippen molar-refractivity contribution in [1.82, 2.24) is 10.2 Å². The molecule has 140 valence electrons. The number of nitro benzene ring substituents is 1. The summed E-state index contributed by atoms with van der Waals surface area (Å²) in [5.74, 6) is -0.463. The van der Waals surface area contributed by atoms with Crippen LogP contribution in [0.15, 0.2) is 54.6 Å². The molecule has 0 bridgehead atoms. The Morgan fingerprint density at radius 3 is 2.30 bits per heavy atom. The summed E-state index contributed by atoms with van der Waals surface area (Å²) in [6.45, 7) is 1.00. The number of benzene rings is 2. The average Bonchev–Trinajstić information content (AvgIpc) is 2.69. The normalized spacial score (nSPS) is 14.4. The van der Waals surface area contributed by atoms with Crippen molar-refractivity contribution in [2.24, 2.45) is 0 Å². The van der Waals surface area contributed by atoms with Gasteiger partial charge in [0.15, 0.2) is 0 Å². The van der Waals surface area contributed by atoms with Crippen LogP contribution in [0.25, 0.3) is 0 Å². The second-order valence-corrected chi connectivity index (χ2v) is 6.31. The van der Waals surface area contributed by atoms with Crippen molar-refractivity contribution in [2.75, 3.05) is 18.4 Å². The summed E-state index contributed by atoms with van der Waals surface area (Å²) in [5.41, 5.74) is 0.565. The van der Waals surface area contributed by atoms with Gasteiger partial charge in [-0.2, -0.15) is 0 Å². The summed E-state index contributed by atoms with van der Waals surface area (Å²) in [6, 6.07) is 14.8. The molecular formula is C19H20N4O4. The number of rotatable bonds is 4. The predicted octanol–water partition coefficient (Wildman–Crippen LogP) is 3.02. The number of likely N-dealkylation sites (tertiary alicyclic amines) is 1. The molecule has 3 amide bonds. The number of nitrogens with zero attached hydrogens (tertiary/aromatic N) is 2. The molecule has 3 rings (SSSR count). The molecule has 1 fully saturated rings. The molecule has 0 unspecified atom stereocenters. The summed E-state index contributed by atoms with van der Waals surface area (Å²) in [7, 11) is 0. The van der Waals surface area contributed by atoms with Crippen LogP contribution in [-0.2, 0) is 0 Å². The zero-order valence-corrected chi connectivity index (χ0v) is 14.6. The maximum absolute atomic E-state index is 12.4. The van der Waals surface area contributed by atoms with Crippen LogP contribution >= 0.6 is 0 Å². The van der Waals surface area contributed by atoms with E-state index in [2.05, 4.69) is 10.6 Å². The second kappa shape index (κ2) is 8.31. The van der Waals surface area contributed by atoms with Crippen molar-refractivity contribution < 1.29 is 14.5 Å². The third-order valence-corrected chi connectivity index (χ3v) is 4.49. The first-order valence-corrected chi connectivity index (χ1v) is 8.70. The summed E-state index contributed by atoms with van der Waals surface area (Å²) in [4.78, 5) is 36.9. The van der Waals surface area contributed by atoms with Crippen LogP contribution in [0.4, 0.5) is 16.2 Å². The van der Waals surface area contributed by atoms with Crippen molar-refractivity contribution in [2.45, 2.75) is 18.9 Å². The van der Waals surface area contributed by atoms with Gasteiger partial charge in [0.25, 0.3) is 11.6 Å². The lowest BCUT2D eigenvalue weighted by atomic mass is 10.0. The topological polar surface area (TPSA) is 105 Å². The van der Waals surface area contributed by atoms with E-state index >= 15 is 0 Å². The molecule has 0 radical (unpaired) electrons. The Bertz CT molecular complexity index is 833. The van der Waals surface area contributed by atoms with Gasteiger partial charge in [-0.05, 0) is 31.0 Å². The summed E-state index contributed by atoms with van der Waals surface area (Å²) < 4.78 is 0. The SMILES string of the molecule is O=C(NC1CCN(C(=O)Nc2ccccc2)CC1)c1ccccc1[N+](=O)[O-]. The molecule has 1 heterocycles. The highest BCUT2D eigenvalue weighted by Crippen LogP contribution is 2.19. The smallest absolute Gasteiger partial charge is 0.321 e. The number of carbonyl (C=O) groups excluding carboxylic acids is 2. The van der Waals surface area contributed by atoms with Crippen LogP contribution in [-0.4, -0.2) is 40.9 Å². The lowest BCUT2D eigenvalue weighted by molar-refractivity contribution is -0.385. The van der Waals surface area contributed by atoms with Gasteiger partial charge in [0, 0.05) is 30.9 Å². The summed E-state index contributed by atoms with van der Waals surface area (Å²) in [6.07, 6.45) is 1.18. The number of para-hydroxylation sites is 2. The summed E-state index contributed by atoms with van der Waals surface area (Å²) >= 11 is 0. The minimum absolute atomic E-state index is 0.0479. The van der Waals surface area contributed by atoms with Crippen LogP contribution in [0.3, 0.4) is 0 Å². The van der Waals surface area contributed by atoms with E-state index in [-0.39, 0.29) is 23.3 Å². The molecule has 27 heavy (non-hydrogen) atoms. The molecule has 0 atom stereocenters. The minimum atomic E-state index is -0.564. The monoisotopic (exact) mass is 368 g/mol. The van der Waals surface area contributed by atoms with Crippen molar-refractivity contribution >= 4 is 23.3 Å². The fourth-order valence-electron chi connectivity index (χ4n) is 3.04. The first-order chi connectivity index (χ1) is 13.0. The highest BCUT2D eigenvalue weighted by atomic mass is 16.6. The zero-order valence-electron chi connectivity index (χ0n) is 14.6. The van der Waals surface area contributed by atoms with E-state index in [1.807, 2.05) is 30.3 Å². The first-order valence-electron chi connectivity index (χ1n) is 8.70. The second-order valence-electron chi connectivity index (χ2n) is 6.31. The number of piperidine rings is 1. The number of hydrogen-bond acceptors (Lipinski definition) is 4. The number of nitrogens with one attached hydrogen (secondary N) is 2. The van der Waals surface area contributed by atoms with E-state index in [0.29, 0.717) is 25.9 Å². The average molecular weight is 368 g/mol. The number of nitro groups is 1. The molecule has 0 aromatic heterocycles. The molecule has 2 aromatic carbocycles. The molecular weight excluding hydrogens is 348 g/mol. The predicted molar refractivity (Wildman–Crippen MR) is 101 cm³/mol. The molecule has 0 saturated carbocycles. The lowest BCUT2D eigenvalue weighted by Crippen LogP contribution is -2.47. The Hall–Kier alpha value is -3.42. The van der Waals surface area contributed by atoms with E-state index in [9.17, 15) is 19.7 Å². The van der Waals surface area contributed by atoms with Crippen LogP contribution in [0.1, 0.15) is 23.2 Å². The van der Waals surface area contributed by atoms with Gasteiger partial charge in [0.2, 0.25) is 0 Å². The van der Waals surface area contributed by atoms with Crippen molar-refractivity contribution in [3.63, 3.8) is 0 Å². The molecule has 0 spiro atoms. The van der Waals surface area contributed by atoms with E-state index in [4.69, 9.17) is 0 Å². The molecule has 0 aliphatic carbocycles. The standard InChI is InChI=1S/C19H20N4O4/c24-18(16-8-4-5-9-17(16)23(26)27)20-15-10-12-22(13-11-15)19(25)21-14-6-2-1-3-7-14/h1-9,15H,10-13H2,(H,20,24)(H,21,25). The fourth-order valence-corrected chi connectivity index (χ4v) is 3.04. The maximum Gasteiger partial charge on any atom is 0.321 e. The van der Waals surface area contributed by atoms with Gasteiger partial charge in [-0.1, -0.05) is 30.3 Å². The van der Waals surface area contributed by atoms with Crippen molar-refractivity contribution in [3.05, 3.63) is 70.3 Å². The molecule has 2 N–H and O–H groups in total. The van der Waals surface area contributed by atoms with Crippen LogP contribution < -0.4 is 10.6 Å². The molecule has 1 saturated heterocycles. The van der Waals surface area contributed by atoms with E-state index in [1.54, 1.807) is 11.0 Å². The first kappa shape index (κ1) is 18.4. The zero-order chi connectivity index (χ0) is 19.2. The highest BCUT2D eigenvalue weighted by molar-refractivity contribution is 5.98. The highest BCUT2D eigenvalue weighted by Gasteiger charge is 2.26. The third-order valence-electron chi connectivity index (χ3n) is 4.49. The number of carbonyl (C=O) groups is 2.